The summed E-state index contributed by atoms with van der Waals surface area (Å²) in [5.74, 6) is 0. The summed E-state index contributed by atoms with van der Waals surface area (Å²) in [5, 5.41) is 3.70. The van der Waals surface area contributed by atoms with E-state index in [1.165, 1.54) is 37.3 Å². The van der Waals surface area contributed by atoms with E-state index in [1.54, 1.807) is 4.88 Å². The average Bonchev–Trinajstić information content (AvgIpc) is 2.91. The summed E-state index contributed by atoms with van der Waals surface area (Å²) < 4.78 is 2.47. The second-order valence-electron chi connectivity index (χ2n) is 4.46. The normalized spacial score (nSPS) is 18.9. The van der Waals surface area contributed by atoms with E-state index in [0.29, 0.717) is 6.04 Å². The Morgan fingerprint density at radius 2 is 2.11 bits per heavy atom. The van der Waals surface area contributed by atoms with Gasteiger partial charge in [-0.3, -0.25) is 0 Å². The highest BCUT2D eigenvalue weighted by atomic mass is 79.9. The van der Waals surface area contributed by atoms with Gasteiger partial charge in [0.2, 0.25) is 0 Å². The lowest BCUT2D eigenvalue weighted by Crippen LogP contribution is -2.23. The Hall–Kier alpha value is 0.320. The SMILES string of the molecule is Brc1ccc(CNC2CCCc3sc(Br)cc32)s1. The summed E-state index contributed by atoms with van der Waals surface area (Å²) in [6.07, 6.45) is 3.79. The molecule has 5 heteroatoms. The van der Waals surface area contributed by atoms with Crippen molar-refractivity contribution < 1.29 is 0 Å². The molecule has 1 aliphatic rings. The molecule has 0 amide bonds. The third-order valence-corrected chi connectivity index (χ3v) is 6.57. The van der Waals surface area contributed by atoms with Gasteiger partial charge >= 0.3 is 0 Å². The first-order valence-corrected chi connectivity index (χ1v) is 9.20. The maximum Gasteiger partial charge on any atom is 0.0704 e. The summed E-state index contributed by atoms with van der Waals surface area (Å²) in [6.45, 7) is 0.966. The fraction of sp³-hybridized carbons (Fsp3) is 0.385. The number of aryl methyl sites for hydroxylation is 1. The van der Waals surface area contributed by atoms with Crippen molar-refractivity contribution in [2.75, 3.05) is 0 Å². The van der Waals surface area contributed by atoms with Gasteiger partial charge in [-0.2, -0.15) is 0 Å². The molecule has 1 unspecified atom stereocenters. The lowest BCUT2D eigenvalue weighted by atomic mass is 9.94. The number of hydrogen-bond acceptors (Lipinski definition) is 3. The lowest BCUT2D eigenvalue weighted by molar-refractivity contribution is 0.465. The summed E-state index contributed by atoms with van der Waals surface area (Å²) in [4.78, 5) is 2.95. The van der Waals surface area contributed by atoms with Crippen molar-refractivity contribution in [3.05, 3.63) is 41.1 Å². The molecule has 1 atom stereocenters. The van der Waals surface area contributed by atoms with Gasteiger partial charge in [-0.05, 0) is 74.9 Å². The molecule has 0 bridgehead atoms. The second-order valence-corrected chi connectivity index (χ2v) is 9.52. The number of hydrogen-bond donors (Lipinski definition) is 1. The van der Waals surface area contributed by atoms with Gasteiger partial charge in [-0.25, -0.2) is 0 Å². The van der Waals surface area contributed by atoms with Crippen molar-refractivity contribution in [3.63, 3.8) is 0 Å². The van der Waals surface area contributed by atoms with Crippen molar-refractivity contribution >= 4 is 54.5 Å². The maximum absolute atomic E-state index is 3.70. The topological polar surface area (TPSA) is 12.0 Å². The summed E-state index contributed by atoms with van der Waals surface area (Å²) in [5.41, 5.74) is 1.51. The molecule has 0 saturated carbocycles. The average molecular weight is 407 g/mol. The van der Waals surface area contributed by atoms with Gasteiger partial charge in [0, 0.05) is 22.3 Å². The first-order valence-electron chi connectivity index (χ1n) is 5.98. The molecule has 3 rings (SSSR count). The smallest absolute Gasteiger partial charge is 0.0704 e. The molecule has 2 heterocycles. The largest absolute Gasteiger partial charge is 0.305 e. The molecule has 0 radical (unpaired) electrons. The molecule has 0 aromatic carbocycles. The lowest BCUT2D eigenvalue weighted by Gasteiger charge is -2.23. The standard InChI is InChI=1S/C13H13Br2NS2/c14-12-5-4-8(17-12)7-16-10-2-1-3-11-9(10)6-13(15)18-11/h4-6,10,16H,1-3,7H2. The zero-order valence-corrected chi connectivity index (χ0v) is 14.5. The number of fused-ring (bicyclic) bond motifs is 1. The van der Waals surface area contributed by atoms with E-state index in [4.69, 9.17) is 0 Å². The van der Waals surface area contributed by atoms with Gasteiger partial charge in [0.25, 0.3) is 0 Å². The van der Waals surface area contributed by atoms with Crippen LogP contribution in [0.1, 0.15) is 34.2 Å². The molecule has 2 aromatic rings. The van der Waals surface area contributed by atoms with E-state index in [9.17, 15) is 0 Å². The van der Waals surface area contributed by atoms with Crippen molar-refractivity contribution in [3.8, 4) is 0 Å². The first kappa shape index (κ1) is 13.3. The van der Waals surface area contributed by atoms with Crippen LogP contribution < -0.4 is 5.32 Å². The zero-order chi connectivity index (χ0) is 12.5. The van der Waals surface area contributed by atoms with Crippen LogP contribution in [0, 0.1) is 0 Å². The minimum Gasteiger partial charge on any atom is -0.305 e. The summed E-state index contributed by atoms with van der Waals surface area (Å²) >= 11 is 10.8. The minimum atomic E-state index is 0.525. The molecular formula is C13H13Br2NS2. The molecule has 18 heavy (non-hydrogen) atoms. The Morgan fingerprint density at radius 1 is 1.22 bits per heavy atom. The molecule has 96 valence electrons. The van der Waals surface area contributed by atoms with Crippen LogP contribution in [-0.4, -0.2) is 0 Å². The molecule has 1 N–H and O–H groups in total. The van der Waals surface area contributed by atoms with E-state index in [2.05, 4.69) is 55.4 Å². The third-order valence-electron chi connectivity index (χ3n) is 3.24. The van der Waals surface area contributed by atoms with Crippen LogP contribution >= 0.6 is 54.5 Å². The predicted molar refractivity (Wildman–Crippen MR) is 86.6 cm³/mol. The molecule has 2 aromatic heterocycles. The van der Waals surface area contributed by atoms with Gasteiger partial charge in [0.1, 0.15) is 0 Å². The molecule has 0 spiro atoms. The first-order chi connectivity index (χ1) is 8.72. The fourth-order valence-corrected chi connectivity index (χ4v) is 5.66. The highest BCUT2D eigenvalue weighted by Crippen LogP contribution is 2.38. The highest BCUT2D eigenvalue weighted by molar-refractivity contribution is 9.11. The van der Waals surface area contributed by atoms with Crippen LogP contribution in [-0.2, 0) is 13.0 Å². The monoisotopic (exact) mass is 405 g/mol. The molecule has 1 nitrogen and oxygen atoms in total. The Bertz CT molecular complexity index is 547. The highest BCUT2D eigenvalue weighted by Gasteiger charge is 2.22. The molecular weight excluding hydrogens is 394 g/mol. The van der Waals surface area contributed by atoms with E-state index in [-0.39, 0.29) is 0 Å². The van der Waals surface area contributed by atoms with E-state index < -0.39 is 0 Å². The maximum atomic E-state index is 3.70. The van der Waals surface area contributed by atoms with Crippen molar-refractivity contribution in [1.29, 1.82) is 0 Å². The van der Waals surface area contributed by atoms with Gasteiger partial charge in [-0.1, -0.05) is 0 Å². The van der Waals surface area contributed by atoms with E-state index in [1.807, 2.05) is 22.7 Å². The quantitative estimate of drug-likeness (QED) is 0.709. The Morgan fingerprint density at radius 3 is 2.89 bits per heavy atom. The predicted octanol–water partition coefficient (Wildman–Crippen LogP) is 5.50. The van der Waals surface area contributed by atoms with Crippen molar-refractivity contribution in [2.45, 2.75) is 31.8 Å². The summed E-state index contributed by atoms with van der Waals surface area (Å²) in [6, 6.07) is 7.13. The molecule has 0 saturated heterocycles. The number of nitrogens with one attached hydrogen (secondary N) is 1. The van der Waals surface area contributed by atoms with Crippen LogP contribution in [0.2, 0.25) is 0 Å². The number of rotatable bonds is 3. The van der Waals surface area contributed by atoms with Crippen LogP contribution in [0.3, 0.4) is 0 Å². The van der Waals surface area contributed by atoms with Gasteiger partial charge < -0.3 is 5.32 Å². The van der Waals surface area contributed by atoms with E-state index in [0.717, 1.165) is 6.54 Å². The summed E-state index contributed by atoms with van der Waals surface area (Å²) in [7, 11) is 0. The molecule has 0 aliphatic heterocycles. The Balaban J connectivity index is 1.70. The third kappa shape index (κ3) is 2.90. The molecule has 0 fully saturated rings. The number of halogens is 2. The zero-order valence-electron chi connectivity index (χ0n) is 9.71. The van der Waals surface area contributed by atoms with Crippen LogP contribution in [0.25, 0.3) is 0 Å². The van der Waals surface area contributed by atoms with E-state index >= 15 is 0 Å². The fourth-order valence-electron chi connectivity index (χ4n) is 2.40. The van der Waals surface area contributed by atoms with Crippen LogP contribution in [0.4, 0.5) is 0 Å². The van der Waals surface area contributed by atoms with Crippen LogP contribution in [0.15, 0.2) is 25.8 Å². The minimum absolute atomic E-state index is 0.525. The van der Waals surface area contributed by atoms with Crippen molar-refractivity contribution in [1.82, 2.24) is 5.32 Å². The Labute approximate surface area is 132 Å². The van der Waals surface area contributed by atoms with Gasteiger partial charge in [0.05, 0.1) is 7.57 Å². The Kier molecular flexibility index (Phi) is 4.25. The second kappa shape index (κ2) is 5.75. The van der Waals surface area contributed by atoms with Crippen LogP contribution in [0.5, 0.6) is 0 Å². The molecule has 1 aliphatic carbocycles. The van der Waals surface area contributed by atoms with Gasteiger partial charge in [0.15, 0.2) is 0 Å². The number of thiophene rings is 2. The van der Waals surface area contributed by atoms with Gasteiger partial charge in [-0.15, -0.1) is 22.7 Å². The van der Waals surface area contributed by atoms with Crippen molar-refractivity contribution in [2.24, 2.45) is 0 Å².